The molecule has 1 heterocycles. The number of rotatable bonds is 2. The summed E-state index contributed by atoms with van der Waals surface area (Å²) in [5.74, 6) is 0. The van der Waals surface area contributed by atoms with E-state index in [4.69, 9.17) is 4.74 Å². The van der Waals surface area contributed by atoms with Gasteiger partial charge in [-0.2, -0.15) is 0 Å². The van der Waals surface area contributed by atoms with E-state index in [2.05, 4.69) is 0 Å². The summed E-state index contributed by atoms with van der Waals surface area (Å²) in [4.78, 5) is 12.7. The van der Waals surface area contributed by atoms with Gasteiger partial charge < -0.3 is 14.7 Å². The fourth-order valence-corrected chi connectivity index (χ4v) is 2.37. The molecule has 0 aliphatic carbocycles. The van der Waals surface area contributed by atoms with E-state index in [9.17, 15) is 9.90 Å². The zero-order chi connectivity index (χ0) is 12.3. The van der Waals surface area contributed by atoms with E-state index >= 15 is 0 Å². The van der Waals surface area contributed by atoms with E-state index in [1.807, 2.05) is 30.3 Å². The molecule has 1 saturated heterocycles. The number of likely N-dealkylation sites (tertiary alicyclic amines) is 1. The number of carbonyl (C=O) groups is 1. The maximum Gasteiger partial charge on any atom is 0.407 e. The van der Waals surface area contributed by atoms with Gasteiger partial charge in [-0.15, -0.1) is 0 Å². The van der Waals surface area contributed by atoms with Crippen molar-refractivity contribution in [3.05, 3.63) is 35.9 Å². The topological polar surface area (TPSA) is 49.8 Å². The van der Waals surface area contributed by atoms with Crippen LogP contribution in [0.5, 0.6) is 0 Å². The molecule has 2 atom stereocenters. The number of carboxylic acid groups (broad SMARTS) is 1. The lowest BCUT2D eigenvalue weighted by molar-refractivity contribution is 0.0146. The van der Waals surface area contributed by atoms with Crippen LogP contribution in [0, 0.1) is 0 Å². The van der Waals surface area contributed by atoms with Crippen molar-refractivity contribution in [2.24, 2.45) is 0 Å². The van der Waals surface area contributed by atoms with Crippen molar-refractivity contribution in [3.63, 3.8) is 0 Å². The monoisotopic (exact) mass is 235 g/mol. The number of piperidine rings is 1. The standard InChI is InChI=1S/C13H17NO3/c1-17-11-7-8-14(13(15)16)12(9-11)10-5-3-2-4-6-10/h2-6,11-12H,7-9H2,1H3,(H,15,16). The van der Waals surface area contributed by atoms with Gasteiger partial charge >= 0.3 is 6.09 Å². The van der Waals surface area contributed by atoms with Crippen LogP contribution in [0.25, 0.3) is 0 Å². The molecular formula is C13H17NO3. The molecule has 2 unspecified atom stereocenters. The zero-order valence-electron chi connectivity index (χ0n) is 9.87. The van der Waals surface area contributed by atoms with Gasteiger partial charge in [0.05, 0.1) is 12.1 Å². The average Bonchev–Trinajstić information content (AvgIpc) is 2.39. The summed E-state index contributed by atoms with van der Waals surface area (Å²) in [7, 11) is 1.68. The molecular weight excluding hydrogens is 218 g/mol. The van der Waals surface area contributed by atoms with Crippen LogP contribution in [-0.4, -0.2) is 35.9 Å². The summed E-state index contributed by atoms with van der Waals surface area (Å²) in [5, 5.41) is 9.21. The highest BCUT2D eigenvalue weighted by Crippen LogP contribution is 2.31. The maximum atomic E-state index is 11.2. The van der Waals surface area contributed by atoms with Crippen molar-refractivity contribution < 1.29 is 14.6 Å². The normalized spacial score (nSPS) is 24.6. The van der Waals surface area contributed by atoms with E-state index in [1.165, 1.54) is 4.90 Å². The molecule has 0 radical (unpaired) electrons. The Morgan fingerprint density at radius 2 is 2.12 bits per heavy atom. The third-order valence-electron chi connectivity index (χ3n) is 3.32. The van der Waals surface area contributed by atoms with Crippen molar-refractivity contribution in [3.8, 4) is 0 Å². The van der Waals surface area contributed by atoms with Crippen LogP contribution in [0.4, 0.5) is 4.79 Å². The highest BCUT2D eigenvalue weighted by molar-refractivity contribution is 5.66. The van der Waals surface area contributed by atoms with Gasteiger partial charge in [0, 0.05) is 13.7 Å². The van der Waals surface area contributed by atoms with E-state index in [-0.39, 0.29) is 12.1 Å². The van der Waals surface area contributed by atoms with Crippen LogP contribution in [0.1, 0.15) is 24.4 Å². The molecule has 4 nitrogen and oxygen atoms in total. The maximum absolute atomic E-state index is 11.2. The Balaban J connectivity index is 2.22. The second-order valence-electron chi connectivity index (χ2n) is 4.28. The molecule has 1 aromatic carbocycles. The number of hydrogen-bond acceptors (Lipinski definition) is 2. The number of amides is 1. The minimum atomic E-state index is -0.853. The van der Waals surface area contributed by atoms with Crippen molar-refractivity contribution in [1.82, 2.24) is 4.90 Å². The Morgan fingerprint density at radius 3 is 2.71 bits per heavy atom. The molecule has 0 aromatic heterocycles. The highest BCUT2D eigenvalue weighted by atomic mass is 16.5. The predicted molar refractivity (Wildman–Crippen MR) is 63.9 cm³/mol. The first-order chi connectivity index (χ1) is 8.22. The third kappa shape index (κ3) is 2.58. The van der Waals surface area contributed by atoms with E-state index < -0.39 is 6.09 Å². The number of methoxy groups -OCH3 is 1. The van der Waals surface area contributed by atoms with Crippen molar-refractivity contribution in [2.75, 3.05) is 13.7 Å². The first-order valence-corrected chi connectivity index (χ1v) is 5.79. The minimum absolute atomic E-state index is 0.0904. The first-order valence-electron chi connectivity index (χ1n) is 5.79. The second kappa shape index (κ2) is 5.19. The summed E-state index contributed by atoms with van der Waals surface area (Å²) in [6.07, 6.45) is 0.795. The van der Waals surface area contributed by atoms with Gasteiger partial charge in [-0.05, 0) is 18.4 Å². The Morgan fingerprint density at radius 1 is 1.41 bits per heavy atom. The van der Waals surface area contributed by atoms with Crippen LogP contribution in [-0.2, 0) is 4.74 Å². The zero-order valence-corrected chi connectivity index (χ0v) is 9.87. The molecule has 4 heteroatoms. The van der Waals surface area contributed by atoms with Crippen LogP contribution in [0.3, 0.4) is 0 Å². The van der Waals surface area contributed by atoms with Gasteiger partial charge in [0.2, 0.25) is 0 Å². The van der Waals surface area contributed by atoms with Gasteiger partial charge in [0.25, 0.3) is 0 Å². The Kier molecular flexibility index (Phi) is 3.64. The molecule has 1 N–H and O–H groups in total. The van der Waals surface area contributed by atoms with Gasteiger partial charge in [-0.3, -0.25) is 0 Å². The quantitative estimate of drug-likeness (QED) is 0.856. The molecule has 1 amide bonds. The van der Waals surface area contributed by atoms with Crippen LogP contribution in [0.2, 0.25) is 0 Å². The summed E-state index contributed by atoms with van der Waals surface area (Å²) in [6.45, 7) is 0.535. The van der Waals surface area contributed by atoms with Gasteiger partial charge in [-0.1, -0.05) is 30.3 Å². The highest BCUT2D eigenvalue weighted by Gasteiger charge is 2.32. The van der Waals surface area contributed by atoms with Gasteiger partial charge in [0.15, 0.2) is 0 Å². The fraction of sp³-hybridized carbons (Fsp3) is 0.462. The predicted octanol–water partition coefficient (Wildman–Crippen LogP) is 2.52. The van der Waals surface area contributed by atoms with Crippen molar-refractivity contribution in [1.29, 1.82) is 0 Å². The molecule has 2 rings (SSSR count). The van der Waals surface area contributed by atoms with Gasteiger partial charge in [-0.25, -0.2) is 4.79 Å². The van der Waals surface area contributed by atoms with Crippen LogP contribution >= 0.6 is 0 Å². The lowest BCUT2D eigenvalue weighted by Gasteiger charge is -2.37. The SMILES string of the molecule is COC1CCN(C(=O)O)C(c2ccccc2)C1. The molecule has 1 aromatic rings. The molecule has 0 saturated carbocycles. The molecule has 1 aliphatic heterocycles. The van der Waals surface area contributed by atoms with Crippen molar-refractivity contribution >= 4 is 6.09 Å². The minimum Gasteiger partial charge on any atom is -0.465 e. The number of benzene rings is 1. The smallest absolute Gasteiger partial charge is 0.407 e. The Bertz CT molecular complexity index is 380. The van der Waals surface area contributed by atoms with Crippen LogP contribution < -0.4 is 0 Å². The number of ether oxygens (including phenoxy) is 1. The molecule has 1 fully saturated rings. The average molecular weight is 235 g/mol. The summed E-state index contributed by atoms with van der Waals surface area (Å²) < 4.78 is 5.35. The number of hydrogen-bond donors (Lipinski definition) is 1. The molecule has 0 bridgehead atoms. The first kappa shape index (κ1) is 11.9. The second-order valence-corrected chi connectivity index (χ2v) is 4.28. The third-order valence-corrected chi connectivity index (χ3v) is 3.32. The van der Waals surface area contributed by atoms with Crippen LogP contribution in [0.15, 0.2) is 30.3 Å². The summed E-state index contributed by atoms with van der Waals surface area (Å²) in [6, 6.07) is 9.66. The molecule has 17 heavy (non-hydrogen) atoms. The van der Waals surface area contributed by atoms with E-state index in [1.54, 1.807) is 7.11 Å². The lowest BCUT2D eigenvalue weighted by Crippen LogP contribution is -2.42. The lowest BCUT2D eigenvalue weighted by atomic mass is 9.93. The summed E-state index contributed by atoms with van der Waals surface area (Å²) >= 11 is 0. The Hall–Kier alpha value is -1.55. The number of nitrogens with zero attached hydrogens (tertiary/aromatic N) is 1. The Labute approximate surface area is 101 Å². The van der Waals surface area contributed by atoms with E-state index in [0.717, 1.165) is 18.4 Å². The molecule has 1 aliphatic rings. The summed E-state index contributed by atoms with van der Waals surface area (Å²) in [5.41, 5.74) is 1.04. The largest absolute Gasteiger partial charge is 0.465 e. The van der Waals surface area contributed by atoms with Gasteiger partial charge in [0.1, 0.15) is 0 Å². The van der Waals surface area contributed by atoms with Crippen molar-refractivity contribution in [2.45, 2.75) is 25.0 Å². The van der Waals surface area contributed by atoms with E-state index in [0.29, 0.717) is 6.54 Å². The molecule has 0 spiro atoms. The fourth-order valence-electron chi connectivity index (χ4n) is 2.37. The molecule has 92 valence electrons.